The molecule has 0 saturated carbocycles. The van der Waals surface area contributed by atoms with Crippen molar-refractivity contribution < 1.29 is 13.5 Å². The van der Waals surface area contributed by atoms with Crippen LogP contribution in [0.2, 0.25) is 0 Å². The van der Waals surface area contributed by atoms with E-state index in [0.29, 0.717) is 12.2 Å². The molecule has 1 aromatic rings. The van der Waals surface area contributed by atoms with Crippen LogP contribution in [-0.2, 0) is 4.74 Å². The lowest BCUT2D eigenvalue weighted by atomic mass is 9.85. The Labute approximate surface area is 101 Å². The summed E-state index contributed by atoms with van der Waals surface area (Å²) in [5.41, 5.74) is 0.569. The molecule has 0 unspecified atom stereocenters. The van der Waals surface area contributed by atoms with Gasteiger partial charge in [-0.3, -0.25) is 0 Å². The number of ether oxygens (including phenoxy) is 1. The van der Waals surface area contributed by atoms with Crippen LogP contribution in [0.5, 0.6) is 0 Å². The van der Waals surface area contributed by atoms with Crippen molar-refractivity contribution in [2.45, 2.75) is 32.3 Å². The molecule has 2 atom stereocenters. The summed E-state index contributed by atoms with van der Waals surface area (Å²) in [4.78, 5) is 0. The van der Waals surface area contributed by atoms with Gasteiger partial charge in [-0.15, -0.1) is 0 Å². The summed E-state index contributed by atoms with van der Waals surface area (Å²) in [7, 11) is 0. The minimum absolute atomic E-state index is 0.0510. The van der Waals surface area contributed by atoms with Gasteiger partial charge in [-0.1, -0.05) is 44.2 Å². The Hall–Kier alpha value is -0.960. The molecular formula is C14H18F2O. The fourth-order valence-corrected chi connectivity index (χ4v) is 2.25. The first-order chi connectivity index (χ1) is 8.00. The van der Waals surface area contributed by atoms with Gasteiger partial charge in [0.15, 0.2) is 0 Å². The molecule has 94 valence electrons. The van der Waals surface area contributed by atoms with Gasteiger partial charge in [-0.25, -0.2) is 8.78 Å². The molecule has 0 spiro atoms. The summed E-state index contributed by atoms with van der Waals surface area (Å²) in [5.74, 6) is -2.59. The van der Waals surface area contributed by atoms with E-state index < -0.39 is 12.0 Å². The molecule has 1 fully saturated rings. The van der Waals surface area contributed by atoms with E-state index in [4.69, 9.17) is 4.74 Å². The zero-order valence-electron chi connectivity index (χ0n) is 10.2. The maximum Gasteiger partial charge on any atom is 0.278 e. The summed E-state index contributed by atoms with van der Waals surface area (Å²) in [6, 6.07) is 8.76. The van der Waals surface area contributed by atoms with Crippen molar-refractivity contribution >= 4 is 0 Å². The smallest absolute Gasteiger partial charge is 0.278 e. The molecule has 2 rings (SSSR count). The molecule has 3 heteroatoms. The fraction of sp³-hybridized carbons (Fsp3) is 0.571. The Morgan fingerprint density at radius 1 is 1.24 bits per heavy atom. The van der Waals surface area contributed by atoms with Crippen molar-refractivity contribution in [2.24, 2.45) is 11.8 Å². The van der Waals surface area contributed by atoms with Crippen LogP contribution in [0.1, 0.15) is 31.9 Å². The Morgan fingerprint density at radius 2 is 1.88 bits per heavy atom. The predicted molar refractivity (Wildman–Crippen MR) is 63.0 cm³/mol. The van der Waals surface area contributed by atoms with Gasteiger partial charge in [0.1, 0.15) is 6.10 Å². The Morgan fingerprint density at radius 3 is 2.41 bits per heavy atom. The molecule has 0 aliphatic carbocycles. The van der Waals surface area contributed by atoms with Gasteiger partial charge in [0.2, 0.25) is 0 Å². The third-order valence-corrected chi connectivity index (χ3v) is 3.44. The van der Waals surface area contributed by atoms with Gasteiger partial charge < -0.3 is 4.74 Å². The maximum atomic E-state index is 14.0. The minimum atomic E-state index is -2.77. The van der Waals surface area contributed by atoms with E-state index in [1.165, 1.54) is 0 Å². The highest BCUT2D eigenvalue weighted by atomic mass is 19.3. The molecule has 0 bridgehead atoms. The van der Waals surface area contributed by atoms with Crippen molar-refractivity contribution in [1.82, 2.24) is 0 Å². The molecule has 17 heavy (non-hydrogen) atoms. The molecule has 1 aliphatic heterocycles. The van der Waals surface area contributed by atoms with Crippen molar-refractivity contribution in [3.05, 3.63) is 35.9 Å². The summed E-state index contributed by atoms with van der Waals surface area (Å²) in [6.07, 6.45) is -1.16. The van der Waals surface area contributed by atoms with Crippen LogP contribution < -0.4 is 0 Å². The second-order valence-electron chi connectivity index (χ2n) is 5.09. The van der Waals surface area contributed by atoms with Gasteiger partial charge in [0.25, 0.3) is 5.92 Å². The SMILES string of the molecule is CC(C)[C@H]1CO[C@H](c2ccccc2)C(F)(F)C1. The van der Waals surface area contributed by atoms with Gasteiger partial charge >= 0.3 is 0 Å². The third kappa shape index (κ3) is 2.65. The first-order valence-electron chi connectivity index (χ1n) is 6.05. The summed E-state index contributed by atoms with van der Waals surface area (Å²) in [5, 5.41) is 0. The van der Waals surface area contributed by atoms with Crippen LogP contribution in [0.25, 0.3) is 0 Å². The van der Waals surface area contributed by atoms with E-state index in [-0.39, 0.29) is 18.3 Å². The van der Waals surface area contributed by atoms with Crippen molar-refractivity contribution in [2.75, 3.05) is 6.61 Å². The average molecular weight is 240 g/mol. The molecule has 0 radical (unpaired) electrons. The zero-order valence-corrected chi connectivity index (χ0v) is 10.2. The van der Waals surface area contributed by atoms with Crippen LogP contribution in [-0.4, -0.2) is 12.5 Å². The normalized spacial score (nSPS) is 28.3. The van der Waals surface area contributed by atoms with Gasteiger partial charge in [-0.05, 0) is 17.4 Å². The van der Waals surface area contributed by atoms with E-state index in [9.17, 15) is 8.78 Å². The van der Waals surface area contributed by atoms with Gasteiger partial charge in [0, 0.05) is 6.42 Å². The van der Waals surface area contributed by atoms with Crippen molar-refractivity contribution in [3.8, 4) is 0 Å². The Balaban J connectivity index is 2.16. The fourth-order valence-electron chi connectivity index (χ4n) is 2.25. The molecule has 0 amide bonds. The monoisotopic (exact) mass is 240 g/mol. The molecule has 1 saturated heterocycles. The highest BCUT2D eigenvalue weighted by Crippen LogP contribution is 2.44. The number of hydrogen-bond donors (Lipinski definition) is 0. The van der Waals surface area contributed by atoms with Gasteiger partial charge in [-0.2, -0.15) is 0 Å². The topological polar surface area (TPSA) is 9.23 Å². The molecule has 1 aromatic carbocycles. The maximum absolute atomic E-state index is 14.0. The van der Waals surface area contributed by atoms with Gasteiger partial charge in [0.05, 0.1) is 6.61 Å². The standard InChI is InChI=1S/C14H18F2O/c1-10(2)12-8-14(15,16)13(17-9-12)11-6-4-3-5-7-11/h3-7,10,12-13H,8-9H2,1-2H3/t12-,13-/m1/s1. The highest BCUT2D eigenvalue weighted by Gasteiger charge is 2.47. The van der Waals surface area contributed by atoms with E-state index in [1.807, 2.05) is 19.9 Å². The third-order valence-electron chi connectivity index (χ3n) is 3.44. The molecule has 0 N–H and O–H groups in total. The summed E-state index contributed by atoms with van der Waals surface area (Å²) >= 11 is 0. The van der Waals surface area contributed by atoms with E-state index >= 15 is 0 Å². The molecule has 0 aromatic heterocycles. The van der Waals surface area contributed by atoms with Crippen LogP contribution in [0.4, 0.5) is 8.78 Å². The van der Waals surface area contributed by atoms with Crippen LogP contribution in [0.3, 0.4) is 0 Å². The lowest BCUT2D eigenvalue weighted by molar-refractivity contribution is -0.198. The first kappa shape index (κ1) is 12.5. The van der Waals surface area contributed by atoms with Crippen molar-refractivity contribution in [1.29, 1.82) is 0 Å². The van der Waals surface area contributed by atoms with Crippen molar-refractivity contribution in [3.63, 3.8) is 0 Å². The molecule has 1 nitrogen and oxygen atoms in total. The van der Waals surface area contributed by atoms with E-state index in [1.54, 1.807) is 24.3 Å². The molecule has 1 aliphatic rings. The van der Waals surface area contributed by atoms with Crippen LogP contribution in [0.15, 0.2) is 30.3 Å². The minimum Gasteiger partial charge on any atom is -0.367 e. The second kappa shape index (κ2) is 4.73. The predicted octanol–water partition coefficient (Wildman–Crippen LogP) is 4.06. The highest BCUT2D eigenvalue weighted by molar-refractivity contribution is 5.20. The Bertz CT molecular complexity index is 362. The largest absolute Gasteiger partial charge is 0.367 e. The summed E-state index contributed by atoms with van der Waals surface area (Å²) < 4.78 is 33.5. The number of halogens is 2. The van der Waals surface area contributed by atoms with Crippen LogP contribution in [0, 0.1) is 11.8 Å². The van der Waals surface area contributed by atoms with E-state index in [2.05, 4.69) is 0 Å². The number of hydrogen-bond acceptors (Lipinski definition) is 1. The number of alkyl halides is 2. The summed E-state index contributed by atoms with van der Waals surface area (Å²) in [6.45, 7) is 4.35. The first-order valence-corrected chi connectivity index (χ1v) is 6.05. The number of rotatable bonds is 2. The lowest BCUT2D eigenvalue weighted by Gasteiger charge is -2.37. The van der Waals surface area contributed by atoms with E-state index in [0.717, 1.165) is 0 Å². The zero-order chi connectivity index (χ0) is 12.5. The Kier molecular flexibility index (Phi) is 3.48. The molecule has 1 heterocycles. The average Bonchev–Trinajstić information content (AvgIpc) is 2.28. The molecular weight excluding hydrogens is 222 g/mol. The number of benzene rings is 1. The van der Waals surface area contributed by atoms with Crippen LogP contribution >= 0.6 is 0 Å². The quantitative estimate of drug-likeness (QED) is 0.757. The second-order valence-corrected chi connectivity index (χ2v) is 5.09. The lowest BCUT2D eigenvalue weighted by Crippen LogP contribution is -2.40.